The monoisotopic (exact) mass is 467 g/mol. The average molecular weight is 467 g/mol. The summed E-state index contributed by atoms with van der Waals surface area (Å²) >= 11 is 0. The molecule has 34 heavy (non-hydrogen) atoms. The molecule has 5 rings (SSSR count). The number of aliphatic hydroxyl groups excluding tert-OH is 1. The smallest absolute Gasteiger partial charge is 0.314 e. The summed E-state index contributed by atoms with van der Waals surface area (Å²) in [5, 5.41) is 18.1. The first-order valence-corrected chi connectivity index (χ1v) is 10.2. The van der Waals surface area contributed by atoms with E-state index in [9.17, 15) is 23.1 Å². The SMILES string of the molecule is O=C1c2cc(-c3nnc(C(F)F)o3)ccc2CN1[C@H](c1cnccn1)[C@@H](O)c1ccc(F)cc1. The van der Waals surface area contributed by atoms with E-state index in [2.05, 4.69) is 20.2 Å². The number of carbonyl (C=O) groups excluding carboxylic acids is 1. The molecule has 1 aliphatic rings. The number of amides is 1. The molecule has 11 heteroatoms. The van der Waals surface area contributed by atoms with Crippen molar-refractivity contribution in [2.24, 2.45) is 0 Å². The number of hydrogen-bond acceptors (Lipinski definition) is 7. The molecule has 1 N–H and O–H groups in total. The van der Waals surface area contributed by atoms with E-state index in [1.165, 1.54) is 53.8 Å². The molecule has 8 nitrogen and oxygen atoms in total. The third kappa shape index (κ3) is 3.90. The molecule has 1 aliphatic heterocycles. The second-order valence-electron chi connectivity index (χ2n) is 7.62. The lowest BCUT2D eigenvalue weighted by Gasteiger charge is -2.31. The zero-order valence-electron chi connectivity index (χ0n) is 17.3. The first-order valence-electron chi connectivity index (χ1n) is 10.2. The van der Waals surface area contributed by atoms with Crippen LogP contribution in [-0.4, -0.2) is 36.1 Å². The van der Waals surface area contributed by atoms with E-state index in [0.29, 0.717) is 27.9 Å². The number of alkyl halides is 2. The highest BCUT2D eigenvalue weighted by Gasteiger charge is 2.39. The normalized spacial score (nSPS) is 15.0. The Bertz CT molecular complexity index is 1330. The Morgan fingerprint density at radius 3 is 2.53 bits per heavy atom. The van der Waals surface area contributed by atoms with Crippen molar-refractivity contribution >= 4 is 5.91 Å². The molecule has 2 aromatic heterocycles. The van der Waals surface area contributed by atoms with Crippen molar-refractivity contribution in [2.45, 2.75) is 25.1 Å². The lowest BCUT2D eigenvalue weighted by atomic mass is 9.98. The Hall–Kier alpha value is -4.12. The van der Waals surface area contributed by atoms with Crippen molar-refractivity contribution in [1.82, 2.24) is 25.1 Å². The standard InChI is InChI=1S/C23H16F3N5O3/c24-15-5-3-12(4-6-15)19(32)18(17-10-27-7-8-28-17)31-11-14-2-1-13(9-16(14)23(31)33)21-29-30-22(34-21)20(25)26/h1-10,18-20,32H,11H2/t18-,19+/m1/s1. The summed E-state index contributed by atoms with van der Waals surface area (Å²) in [5.41, 5.74) is 2.01. The van der Waals surface area contributed by atoms with E-state index in [1.54, 1.807) is 12.1 Å². The van der Waals surface area contributed by atoms with Gasteiger partial charge >= 0.3 is 6.43 Å². The van der Waals surface area contributed by atoms with E-state index in [1.807, 2.05) is 0 Å². The van der Waals surface area contributed by atoms with Crippen LogP contribution in [-0.2, 0) is 6.54 Å². The Morgan fingerprint density at radius 2 is 1.85 bits per heavy atom. The van der Waals surface area contributed by atoms with Gasteiger partial charge in [0.2, 0.25) is 5.89 Å². The van der Waals surface area contributed by atoms with E-state index >= 15 is 0 Å². The van der Waals surface area contributed by atoms with Crippen LogP contribution in [0, 0.1) is 5.82 Å². The van der Waals surface area contributed by atoms with Gasteiger partial charge in [-0.05, 0) is 35.4 Å². The minimum atomic E-state index is -2.91. The quantitative estimate of drug-likeness (QED) is 0.456. The maximum absolute atomic E-state index is 13.4. The predicted molar refractivity (Wildman–Crippen MR) is 111 cm³/mol. The largest absolute Gasteiger partial charge is 0.415 e. The lowest BCUT2D eigenvalue weighted by Crippen LogP contribution is -2.34. The number of aromatic nitrogens is 4. The van der Waals surface area contributed by atoms with Gasteiger partial charge in [-0.2, -0.15) is 8.78 Å². The molecule has 0 unspecified atom stereocenters. The molecule has 172 valence electrons. The zero-order valence-corrected chi connectivity index (χ0v) is 17.3. The second-order valence-corrected chi connectivity index (χ2v) is 7.62. The van der Waals surface area contributed by atoms with Crippen LogP contribution in [0.15, 0.2) is 65.5 Å². The molecule has 4 aromatic rings. The van der Waals surface area contributed by atoms with Crippen LogP contribution in [0.4, 0.5) is 13.2 Å². The van der Waals surface area contributed by atoms with Gasteiger partial charge in [0, 0.05) is 30.1 Å². The molecule has 0 fully saturated rings. The number of rotatable bonds is 6. The molecule has 0 bridgehead atoms. The fourth-order valence-corrected chi connectivity index (χ4v) is 3.92. The van der Waals surface area contributed by atoms with Crippen LogP contribution in [0.5, 0.6) is 0 Å². The Balaban J connectivity index is 1.50. The van der Waals surface area contributed by atoms with E-state index in [0.717, 1.165) is 0 Å². The minimum Gasteiger partial charge on any atom is -0.415 e. The fraction of sp³-hybridized carbons (Fsp3) is 0.174. The van der Waals surface area contributed by atoms with Crippen molar-refractivity contribution in [1.29, 1.82) is 0 Å². The van der Waals surface area contributed by atoms with Crippen LogP contribution in [0.3, 0.4) is 0 Å². The van der Waals surface area contributed by atoms with Crippen LogP contribution in [0.2, 0.25) is 0 Å². The molecule has 2 aromatic carbocycles. The maximum atomic E-state index is 13.4. The summed E-state index contributed by atoms with van der Waals surface area (Å²) in [6, 6.07) is 9.12. The summed E-state index contributed by atoms with van der Waals surface area (Å²) in [6.45, 7) is 0.153. The van der Waals surface area contributed by atoms with Gasteiger partial charge in [-0.25, -0.2) is 4.39 Å². The van der Waals surface area contributed by atoms with Gasteiger partial charge in [-0.1, -0.05) is 18.2 Å². The molecular formula is C23H16F3N5O3. The van der Waals surface area contributed by atoms with Crippen molar-refractivity contribution in [3.8, 4) is 11.5 Å². The van der Waals surface area contributed by atoms with Gasteiger partial charge in [0.05, 0.1) is 11.9 Å². The van der Waals surface area contributed by atoms with Gasteiger partial charge in [0.15, 0.2) is 0 Å². The van der Waals surface area contributed by atoms with Crippen LogP contribution >= 0.6 is 0 Å². The van der Waals surface area contributed by atoms with Crippen molar-refractivity contribution in [2.75, 3.05) is 0 Å². The third-order valence-electron chi connectivity index (χ3n) is 5.55. The summed E-state index contributed by atoms with van der Waals surface area (Å²) in [6.07, 6.45) is 0.230. The maximum Gasteiger partial charge on any atom is 0.314 e. The van der Waals surface area contributed by atoms with Crippen molar-refractivity contribution in [3.63, 3.8) is 0 Å². The van der Waals surface area contributed by atoms with Crippen molar-refractivity contribution in [3.05, 3.63) is 95.1 Å². The van der Waals surface area contributed by atoms with Gasteiger partial charge in [-0.3, -0.25) is 14.8 Å². The number of benzene rings is 2. The van der Waals surface area contributed by atoms with Gasteiger partial charge in [-0.15, -0.1) is 10.2 Å². The number of carbonyl (C=O) groups is 1. The molecule has 0 spiro atoms. The third-order valence-corrected chi connectivity index (χ3v) is 5.55. The average Bonchev–Trinajstić information content (AvgIpc) is 3.46. The zero-order chi connectivity index (χ0) is 23.8. The number of hydrogen-bond donors (Lipinski definition) is 1. The summed E-state index contributed by atoms with van der Waals surface area (Å²) < 4.78 is 44.0. The summed E-state index contributed by atoms with van der Waals surface area (Å²) in [4.78, 5) is 23.2. The van der Waals surface area contributed by atoms with Gasteiger partial charge in [0.25, 0.3) is 11.8 Å². The Morgan fingerprint density at radius 1 is 1.06 bits per heavy atom. The van der Waals surface area contributed by atoms with E-state index < -0.39 is 36.2 Å². The highest BCUT2D eigenvalue weighted by Crippen LogP contribution is 2.39. The minimum absolute atomic E-state index is 0.138. The summed E-state index contributed by atoms with van der Waals surface area (Å²) in [5.74, 6) is -1.82. The van der Waals surface area contributed by atoms with Crippen LogP contribution in [0.1, 0.15) is 51.6 Å². The number of nitrogens with zero attached hydrogens (tertiary/aromatic N) is 5. The number of aliphatic hydroxyl groups is 1. The molecule has 3 heterocycles. The van der Waals surface area contributed by atoms with Crippen LogP contribution in [0.25, 0.3) is 11.5 Å². The van der Waals surface area contributed by atoms with Crippen molar-refractivity contribution < 1.29 is 27.5 Å². The lowest BCUT2D eigenvalue weighted by molar-refractivity contribution is 0.0345. The van der Waals surface area contributed by atoms with Gasteiger partial charge < -0.3 is 14.4 Å². The predicted octanol–water partition coefficient (Wildman–Crippen LogP) is 4.03. The first-order chi connectivity index (χ1) is 16.4. The molecule has 0 aliphatic carbocycles. The molecular weight excluding hydrogens is 451 g/mol. The summed E-state index contributed by atoms with van der Waals surface area (Å²) in [7, 11) is 0. The molecule has 0 saturated carbocycles. The molecule has 2 atom stereocenters. The second kappa shape index (κ2) is 8.67. The highest BCUT2D eigenvalue weighted by atomic mass is 19.3. The number of halogens is 3. The Labute approximate surface area is 190 Å². The van der Waals surface area contributed by atoms with E-state index in [4.69, 9.17) is 4.42 Å². The molecule has 0 radical (unpaired) electrons. The molecule has 0 saturated heterocycles. The highest BCUT2D eigenvalue weighted by molar-refractivity contribution is 5.99. The fourth-order valence-electron chi connectivity index (χ4n) is 3.92. The number of fused-ring (bicyclic) bond motifs is 1. The van der Waals surface area contributed by atoms with Crippen LogP contribution < -0.4 is 0 Å². The molecule has 1 amide bonds. The topological polar surface area (TPSA) is 105 Å². The first kappa shape index (κ1) is 21.7. The van der Waals surface area contributed by atoms with E-state index in [-0.39, 0.29) is 12.4 Å². The van der Waals surface area contributed by atoms with Gasteiger partial charge in [0.1, 0.15) is 18.0 Å². The Kier molecular flexibility index (Phi) is 5.54.